The largest absolute Gasteiger partial charge is 0.424 e. The zero-order chi connectivity index (χ0) is 21.8. The number of aryl methyl sites for hydroxylation is 2. The predicted molar refractivity (Wildman–Crippen MR) is 117 cm³/mol. The van der Waals surface area contributed by atoms with Gasteiger partial charge in [0, 0.05) is 42.7 Å². The van der Waals surface area contributed by atoms with Crippen LogP contribution in [0.25, 0.3) is 0 Å². The average molecular weight is 416 g/mol. The molecule has 1 aromatic heterocycles. The predicted octanol–water partition coefficient (Wildman–Crippen LogP) is 3.87. The summed E-state index contributed by atoms with van der Waals surface area (Å²) in [6, 6.07) is 19.0. The molecular formula is C24H24N4O3. The van der Waals surface area contributed by atoms with E-state index < -0.39 is 0 Å². The summed E-state index contributed by atoms with van der Waals surface area (Å²) >= 11 is 0. The molecule has 2 heterocycles. The first-order valence-electron chi connectivity index (χ1n) is 10.2. The fourth-order valence-electron chi connectivity index (χ4n) is 3.63. The highest BCUT2D eigenvalue weighted by Gasteiger charge is 2.34. The molecule has 7 nitrogen and oxygen atoms in total. The first kappa shape index (κ1) is 20.5. The molecule has 1 aliphatic rings. The molecule has 2 aromatic carbocycles. The van der Waals surface area contributed by atoms with Gasteiger partial charge >= 0.3 is 6.01 Å². The molecule has 1 aliphatic heterocycles. The standard InChI is InChI=1S/C24H24N4O3/c1-16-11-17(2)26-24(25-16)31-21-10-6-9-20(13-21)27-23(30)19-12-22(29)28(15-19)14-18-7-4-3-5-8-18/h3-11,13,19H,12,14-15H2,1-2H3,(H,27,30). The zero-order valence-corrected chi connectivity index (χ0v) is 17.5. The molecule has 1 fully saturated rings. The number of carbonyl (C=O) groups excluding carboxylic acids is 2. The molecule has 0 aliphatic carbocycles. The van der Waals surface area contributed by atoms with E-state index in [-0.39, 0.29) is 30.2 Å². The Morgan fingerprint density at radius 3 is 2.55 bits per heavy atom. The molecule has 0 radical (unpaired) electrons. The Hall–Kier alpha value is -3.74. The van der Waals surface area contributed by atoms with Crippen molar-refractivity contribution in [2.24, 2.45) is 5.92 Å². The van der Waals surface area contributed by atoms with Gasteiger partial charge in [0.2, 0.25) is 11.8 Å². The number of carbonyl (C=O) groups is 2. The van der Waals surface area contributed by atoms with E-state index in [0.717, 1.165) is 17.0 Å². The second kappa shape index (κ2) is 8.95. The third-order valence-electron chi connectivity index (χ3n) is 5.07. The lowest BCUT2D eigenvalue weighted by Gasteiger charge is -2.16. The minimum atomic E-state index is -0.386. The Labute approximate surface area is 181 Å². The molecule has 4 rings (SSSR count). The summed E-state index contributed by atoms with van der Waals surface area (Å²) in [5, 5.41) is 2.90. The van der Waals surface area contributed by atoms with Crippen LogP contribution in [0.2, 0.25) is 0 Å². The van der Waals surface area contributed by atoms with E-state index in [9.17, 15) is 9.59 Å². The van der Waals surface area contributed by atoms with Crippen LogP contribution in [0.1, 0.15) is 23.4 Å². The second-order valence-corrected chi connectivity index (χ2v) is 7.71. The Bertz CT molecular complexity index is 1080. The number of hydrogen-bond acceptors (Lipinski definition) is 5. The highest BCUT2D eigenvalue weighted by Crippen LogP contribution is 2.25. The molecule has 2 amide bonds. The van der Waals surface area contributed by atoms with Crippen LogP contribution in [-0.4, -0.2) is 33.2 Å². The van der Waals surface area contributed by atoms with Gasteiger partial charge in [0.25, 0.3) is 0 Å². The Balaban J connectivity index is 1.38. The van der Waals surface area contributed by atoms with Gasteiger partial charge in [0.1, 0.15) is 5.75 Å². The minimum Gasteiger partial charge on any atom is -0.424 e. The van der Waals surface area contributed by atoms with Gasteiger partial charge in [0.15, 0.2) is 0 Å². The van der Waals surface area contributed by atoms with Crippen LogP contribution in [0, 0.1) is 19.8 Å². The van der Waals surface area contributed by atoms with E-state index in [1.165, 1.54) is 0 Å². The maximum Gasteiger partial charge on any atom is 0.322 e. The molecule has 1 atom stereocenters. The first-order valence-corrected chi connectivity index (χ1v) is 10.2. The van der Waals surface area contributed by atoms with Crippen molar-refractivity contribution >= 4 is 17.5 Å². The van der Waals surface area contributed by atoms with E-state index in [2.05, 4.69) is 15.3 Å². The number of benzene rings is 2. The number of ether oxygens (including phenoxy) is 1. The Kier molecular flexibility index (Phi) is 5.93. The molecule has 3 aromatic rings. The molecular weight excluding hydrogens is 392 g/mol. The van der Waals surface area contributed by atoms with Crippen molar-refractivity contribution in [2.45, 2.75) is 26.8 Å². The topological polar surface area (TPSA) is 84.4 Å². The summed E-state index contributed by atoms with van der Waals surface area (Å²) in [7, 11) is 0. The molecule has 0 spiro atoms. The summed E-state index contributed by atoms with van der Waals surface area (Å²) < 4.78 is 5.75. The van der Waals surface area contributed by atoms with Crippen molar-refractivity contribution in [2.75, 3.05) is 11.9 Å². The van der Waals surface area contributed by atoms with E-state index in [0.29, 0.717) is 24.5 Å². The van der Waals surface area contributed by atoms with Crippen molar-refractivity contribution in [3.05, 3.63) is 77.6 Å². The van der Waals surface area contributed by atoms with Crippen molar-refractivity contribution in [3.63, 3.8) is 0 Å². The number of amides is 2. The fraction of sp³-hybridized carbons (Fsp3) is 0.250. The fourth-order valence-corrected chi connectivity index (χ4v) is 3.63. The van der Waals surface area contributed by atoms with Gasteiger partial charge in [-0.3, -0.25) is 9.59 Å². The lowest BCUT2D eigenvalue weighted by atomic mass is 10.1. The highest BCUT2D eigenvalue weighted by atomic mass is 16.5. The van der Waals surface area contributed by atoms with Gasteiger partial charge in [0.05, 0.1) is 5.92 Å². The van der Waals surface area contributed by atoms with Crippen LogP contribution in [0.5, 0.6) is 11.8 Å². The zero-order valence-electron chi connectivity index (χ0n) is 17.5. The lowest BCUT2D eigenvalue weighted by Crippen LogP contribution is -2.28. The SMILES string of the molecule is Cc1cc(C)nc(Oc2cccc(NC(=O)C3CC(=O)N(Cc4ccccc4)C3)c2)n1. The van der Waals surface area contributed by atoms with Crippen LogP contribution in [0.4, 0.5) is 5.69 Å². The van der Waals surface area contributed by atoms with Crippen molar-refractivity contribution in [1.29, 1.82) is 0 Å². The van der Waals surface area contributed by atoms with Crippen LogP contribution >= 0.6 is 0 Å². The number of nitrogens with one attached hydrogen (secondary N) is 1. The summed E-state index contributed by atoms with van der Waals surface area (Å²) in [6.45, 7) is 4.68. The van der Waals surface area contributed by atoms with E-state index in [1.54, 1.807) is 29.2 Å². The number of hydrogen-bond donors (Lipinski definition) is 1. The third kappa shape index (κ3) is 5.25. The number of aromatic nitrogens is 2. The van der Waals surface area contributed by atoms with Crippen molar-refractivity contribution < 1.29 is 14.3 Å². The lowest BCUT2D eigenvalue weighted by molar-refractivity contribution is -0.128. The van der Waals surface area contributed by atoms with Crippen molar-refractivity contribution in [1.82, 2.24) is 14.9 Å². The summed E-state index contributed by atoms with van der Waals surface area (Å²) in [5.41, 5.74) is 3.28. The van der Waals surface area contributed by atoms with Crippen LogP contribution in [0.15, 0.2) is 60.7 Å². The number of rotatable bonds is 6. The molecule has 1 N–H and O–H groups in total. The molecule has 0 saturated carbocycles. The maximum absolute atomic E-state index is 12.8. The van der Waals surface area contributed by atoms with Crippen molar-refractivity contribution in [3.8, 4) is 11.8 Å². The molecule has 7 heteroatoms. The first-order chi connectivity index (χ1) is 15.0. The van der Waals surface area contributed by atoms with Crippen LogP contribution in [-0.2, 0) is 16.1 Å². The second-order valence-electron chi connectivity index (χ2n) is 7.71. The van der Waals surface area contributed by atoms with Gasteiger partial charge in [-0.25, -0.2) is 9.97 Å². The summed E-state index contributed by atoms with van der Waals surface area (Å²) in [6.07, 6.45) is 0.214. The monoisotopic (exact) mass is 416 g/mol. The van der Waals surface area contributed by atoms with Gasteiger partial charge in [-0.2, -0.15) is 0 Å². The summed E-state index contributed by atoms with van der Waals surface area (Å²) in [4.78, 5) is 35.4. The quantitative estimate of drug-likeness (QED) is 0.659. The Morgan fingerprint density at radius 2 is 1.81 bits per heavy atom. The van der Waals surface area contributed by atoms with Crippen LogP contribution < -0.4 is 10.1 Å². The summed E-state index contributed by atoms with van der Waals surface area (Å²) in [5.74, 6) is -0.0451. The molecule has 0 bridgehead atoms. The van der Waals surface area contributed by atoms with Gasteiger partial charge < -0.3 is 15.0 Å². The number of likely N-dealkylation sites (tertiary alicyclic amines) is 1. The molecule has 1 unspecified atom stereocenters. The Morgan fingerprint density at radius 1 is 1.06 bits per heavy atom. The van der Waals surface area contributed by atoms with Gasteiger partial charge in [-0.1, -0.05) is 36.4 Å². The van der Waals surface area contributed by atoms with E-state index in [4.69, 9.17) is 4.74 Å². The smallest absolute Gasteiger partial charge is 0.322 e. The average Bonchev–Trinajstić information content (AvgIpc) is 3.09. The van der Waals surface area contributed by atoms with E-state index >= 15 is 0 Å². The maximum atomic E-state index is 12.8. The molecule has 31 heavy (non-hydrogen) atoms. The normalized spacial score (nSPS) is 15.7. The molecule has 1 saturated heterocycles. The number of anilines is 1. The van der Waals surface area contributed by atoms with E-state index in [1.807, 2.05) is 50.2 Å². The minimum absolute atomic E-state index is 0.00643. The molecule has 158 valence electrons. The van der Waals surface area contributed by atoms with Gasteiger partial charge in [-0.15, -0.1) is 0 Å². The van der Waals surface area contributed by atoms with Crippen LogP contribution in [0.3, 0.4) is 0 Å². The highest BCUT2D eigenvalue weighted by molar-refractivity contribution is 5.97. The third-order valence-corrected chi connectivity index (χ3v) is 5.07. The van der Waals surface area contributed by atoms with Gasteiger partial charge in [-0.05, 0) is 37.6 Å². The number of nitrogens with zero attached hydrogens (tertiary/aromatic N) is 3.